The topological polar surface area (TPSA) is 56.3 Å². The van der Waals surface area contributed by atoms with E-state index in [0.29, 0.717) is 5.75 Å². The van der Waals surface area contributed by atoms with Gasteiger partial charge in [0.05, 0.1) is 0 Å². The minimum absolute atomic E-state index is 0.466. The summed E-state index contributed by atoms with van der Waals surface area (Å²) in [5, 5.41) is 21.5. The summed E-state index contributed by atoms with van der Waals surface area (Å²) < 4.78 is 0. The number of benzene rings is 1. The van der Waals surface area contributed by atoms with Crippen molar-refractivity contribution < 1.29 is 5.11 Å². The van der Waals surface area contributed by atoms with Gasteiger partial charge in [0, 0.05) is 30.8 Å². The van der Waals surface area contributed by atoms with E-state index >= 15 is 0 Å². The Balaban J connectivity index is 2.60. The Morgan fingerprint density at radius 1 is 0.548 bits per heavy atom. The first-order chi connectivity index (χ1) is 15.2. The van der Waals surface area contributed by atoms with Crippen molar-refractivity contribution in [2.45, 2.75) is 117 Å². The summed E-state index contributed by atoms with van der Waals surface area (Å²) in [5.41, 5.74) is 3.34. The fourth-order valence-corrected chi connectivity index (χ4v) is 3.91. The summed E-state index contributed by atoms with van der Waals surface area (Å²) in [6.07, 6.45) is 15.3. The van der Waals surface area contributed by atoms with Crippen molar-refractivity contribution in [3.63, 3.8) is 0 Å². The predicted molar refractivity (Wildman–Crippen MR) is 136 cm³/mol. The molecule has 31 heavy (non-hydrogen) atoms. The summed E-state index contributed by atoms with van der Waals surface area (Å²) in [6, 6.07) is 4.36. The smallest absolute Gasteiger partial charge is 0.124 e. The van der Waals surface area contributed by atoms with Gasteiger partial charge in [0.25, 0.3) is 0 Å². The molecule has 0 saturated carbocycles. The molecule has 0 aliphatic carbocycles. The van der Waals surface area contributed by atoms with Crippen LogP contribution in [0.4, 0.5) is 0 Å². The van der Waals surface area contributed by atoms with Crippen LogP contribution in [0.25, 0.3) is 0 Å². The minimum Gasteiger partial charge on any atom is -0.507 e. The van der Waals surface area contributed by atoms with Gasteiger partial charge in [0.15, 0.2) is 0 Å². The second-order valence-corrected chi connectivity index (χ2v) is 8.97. The molecule has 4 N–H and O–H groups in total. The number of nitrogens with one attached hydrogen (secondary N) is 3. The van der Waals surface area contributed by atoms with E-state index in [1.54, 1.807) is 0 Å². The zero-order chi connectivity index (χ0) is 22.6. The molecule has 0 fully saturated rings. The molecule has 0 amide bonds. The van der Waals surface area contributed by atoms with Crippen molar-refractivity contribution in [2.75, 3.05) is 19.6 Å². The molecule has 0 spiro atoms. The fourth-order valence-electron chi connectivity index (χ4n) is 3.91. The van der Waals surface area contributed by atoms with Crippen molar-refractivity contribution in [3.05, 3.63) is 28.8 Å². The number of hydrogen-bond acceptors (Lipinski definition) is 4. The third kappa shape index (κ3) is 13.8. The van der Waals surface area contributed by atoms with Crippen LogP contribution in [-0.4, -0.2) is 24.7 Å². The zero-order valence-electron chi connectivity index (χ0n) is 20.8. The number of aromatic hydroxyl groups is 1. The maximum atomic E-state index is 10.9. The quantitative estimate of drug-likeness (QED) is 0.169. The summed E-state index contributed by atoms with van der Waals surface area (Å²) in [7, 11) is 0. The lowest BCUT2D eigenvalue weighted by Gasteiger charge is -2.15. The van der Waals surface area contributed by atoms with Gasteiger partial charge in [-0.25, -0.2) is 0 Å². The molecular weight excluding hydrogens is 382 g/mol. The molecule has 0 bridgehead atoms. The monoisotopic (exact) mass is 433 g/mol. The van der Waals surface area contributed by atoms with Crippen LogP contribution in [0.15, 0.2) is 12.1 Å². The van der Waals surface area contributed by atoms with Crippen molar-refractivity contribution in [3.8, 4) is 5.75 Å². The van der Waals surface area contributed by atoms with Crippen LogP contribution in [0, 0.1) is 0 Å². The van der Waals surface area contributed by atoms with Crippen molar-refractivity contribution in [1.82, 2.24) is 16.0 Å². The zero-order valence-corrected chi connectivity index (χ0v) is 20.8. The number of hydrogen-bond donors (Lipinski definition) is 4. The van der Waals surface area contributed by atoms with Gasteiger partial charge in [-0.3, -0.25) is 0 Å². The van der Waals surface area contributed by atoms with Crippen LogP contribution in [-0.2, 0) is 19.6 Å². The molecule has 0 heterocycles. The Kier molecular flexibility index (Phi) is 17.6. The molecule has 1 aromatic carbocycles. The summed E-state index contributed by atoms with van der Waals surface area (Å²) in [6.45, 7) is 12.2. The average molecular weight is 434 g/mol. The second kappa shape index (κ2) is 19.6. The molecule has 180 valence electrons. The Morgan fingerprint density at radius 3 is 1.32 bits per heavy atom. The van der Waals surface area contributed by atoms with Gasteiger partial charge in [0.2, 0.25) is 0 Å². The molecule has 0 aliphatic heterocycles. The van der Waals surface area contributed by atoms with Crippen LogP contribution < -0.4 is 16.0 Å². The van der Waals surface area contributed by atoms with E-state index in [0.717, 1.165) is 50.4 Å². The lowest BCUT2D eigenvalue weighted by Crippen LogP contribution is -2.19. The lowest BCUT2D eigenvalue weighted by molar-refractivity contribution is 0.452. The third-order valence-corrected chi connectivity index (χ3v) is 5.91. The molecule has 0 saturated heterocycles. The standard InChI is InChI=1S/C27H51N3O/c1-4-7-10-13-16-28-21-24-19-25(22-29-17-14-11-8-5-2)27(31)26(20-24)23-30-18-15-12-9-6-3/h19-20,28-31H,4-18,21-23H2,1-3H3. The first-order valence-electron chi connectivity index (χ1n) is 13.2. The molecule has 1 aromatic rings. The van der Waals surface area contributed by atoms with E-state index in [-0.39, 0.29) is 0 Å². The van der Waals surface area contributed by atoms with Crippen molar-refractivity contribution >= 4 is 0 Å². The van der Waals surface area contributed by atoms with Crippen molar-refractivity contribution in [2.24, 2.45) is 0 Å². The highest BCUT2D eigenvalue weighted by Gasteiger charge is 2.10. The molecule has 4 heteroatoms. The summed E-state index contributed by atoms with van der Waals surface area (Å²) in [5.74, 6) is 0.466. The van der Waals surface area contributed by atoms with Crippen LogP contribution in [0.1, 0.15) is 115 Å². The molecule has 0 unspecified atom stereocenters. The molecule has 0 aromatic heterocycles. The maximum absolute atomic E-state index is 10.9. The number of phenolic OH excluding ortho intramolecular Hbond substituents is 1. The third-order valence-electron chi connectivity index (χ3n) is 5.91. The number of unbranched alkanes of at least 4 members (excludes halogenated alkanes) is 9. The maximum Gasteiger partial charge on any atom is 0.124 e. The largest absolute Gasteiger partial charge is 0.507 e. The average Bonchev–Trinajstić information content (AvgIpc) is 2.77. The van der Waals surface area contributed by atoms with E-state index in [1.165, 1.54) is 82.6 Å². The Bertz CT molecular complexity index is 510. The highest BCUT2D eigenvalue weighted by atomic mass is 16.3. The van der Waals surface area contributed by atoms with Gasteiger partial charge >= 0.3 is 0 Å². The predicted octanol–water partition coefficient (Wildman–Crippen LogP) is 6.40. The normalized spacial score (nSPS) is 11.3. The fraction of sp³-hybridized carbons (Fsp3) is 0.778. The molecule has 0 radical (unpaired) electrons. The van der Waals surface area contributed by atoms with E-state index < -0.39 is 0 Å². The highest BCUT2D eigenvalue weighted by Crippen LogP contribution is 2.25. The van der Waals surface area contributed by atoms with Gasteiger partial charge in [-0.15, -0.1) is 0 Å². The highest BCUT2D eigenvalue weighted by molar-refractivity contribution is 5.44. The van der Waals surface area contributed by atoms with E-state index in [9.17, 15) is 5.11 Å². The molecule has 4 nitrogen and oxygen atoms in total. The van der Waals surface area contributed by atoms with Gasteiger partial charge in [-0.05, 0) is 56.6 Å². The molecular formula is C27H51N3O. The minimum atomic E-state index is 0.466. The van der Waals surface area contributed by atoms with Crippen LogP contribution in [0.2, 0.25) is 0 Å². The van der Waals surface area contributed by atoms with Gasteiger partial charge < -0.3 is 21.1 Å². The first kappa shape index (κ1) is 27.9. The van der Waals surface area contributed by atoms with Crippen molar-refractivity contribution in [1.29, 1.82) is 0 Å². The van der Waals surface area contributed by atoms with E-state index in [2.05, 4.69) is 48.9 Å². The Labute approximate surface area is 193 Å². The summed E-state index contributed by atoms with van der Waals surface area (Å²) >= 11 is 0. The number of phenols is 1. The van der Waals surface area contributed by atoms with Gasteiger partial charge in [-0.1, -0.05) is 78.6 Å². The van der Waals surface area contributed by atoms with Crippen LogP contribution in [0.3, 0.4) is 0 Å². The van der Waals surface area contributed by atoms with Gasteiger partial charge in [-0.2, -0.15) is 0 Å². The summed E-state index contributed by atoms with van der Waals surface area (Å²) in [4.78, 5) is 0. The van der Waals surface area contributed by atoms with Crippen LogP contribution >= 0.6 is 0 Å². The molecule has 1 rings (SSSR count). The molecule has 0 atom stereocenters. The van der Waals surface area contributed by atoms with E-state index in [4.69, 9.17) is 0 Å². The second-order valence-electron chi connectivity index (χ2n) is 8.97. The van der Waals surface area contributed by atoms with E-state index in [1.807, 2.05) is 0 Å². The van der Waals surface area contributed by atoms with Gasteiger partial charge in [0.1, 0.15) is 5.75 Å². The first-order valence-corrected chi connectivity index (χ1v) is 13.2. The Hall–Kier alpha value is -1.10. The molecule has 0 aliphatic rings. The Morgan fingerprint density at radius 2 is 0.935 bits per heavy atom. The van der Waals surface area contributed by atoms with Crippen LogP contribution in [0.5, 0.6) is 5.75 Å². The lowest BCUT2D eigenvalue weighted by atomic mass is 10.0. The SMILES string of the molecule is CCCCCCNCc1cc(CNCCCCCC)c(O)c(CNCCCCCC)c1. The number of rotatable bonds is 21.